The highest BCUT2D eigenvalue weighted by Crippen LogP contribution is 2.14. The van der Waals surface area contributed by atoms with Crippen molar-refractivity contribution in [2.24, 2.45) is 0 Å². The molecule has 0 amide bonds. The molecule has 1 aromatic heterocycles. The van der Waals surface area contributed by atoms with Crippen LogP contribution >= 0.6 is 11.3 Å². The van der Waals surface area contributed by atoms with Crippen LogP contribution in [0.2, 0.25) is 0 Å². The third-order valence-electron chi connectivity index (χ3n) is 2.48. The molecular weight excluding hydrogens is 230 g/mol. The molecular formula is C13H25N3S. The van der Waals surface area contributed by atoms with Crippen LogP contribution < -0.4 is 5.32 Å². The van der Waals surface area contributed by atoms with Crippen molar-refractivity contribution in [1.82, 2.24) is 15.5 Å². The number of aryl methyl sites for hydroxylation is 2. The third kappa shape index (κ3) is 6.74. The molecule has 3 nitrogen and oxygen atoms in total. The third-order valence-corrected chi connectivity index (χ3v) is 3.52. The van der Waals surface area contributed by atoms with Crippen molar-refractivity contribution in [3.8, 4) is 0 Å². The van der Waals surface area contributed by atoms with Gasteiger partial charge in [-0.05, 0) is 40.2 Å². The van der Waals surface area contributed by atoms with E-state index in [1.165, 1.54) is 22.9 Å². The molecule has 0 bridgehead atoms. The van der Waals surface area contributed by atoms with Crippen LogP contribution in [0.25, 0.3) is 0 Å². The molecule has 98 valence electrons. The second kappa shape index (κ2) is 7.07. The number of aromatic nitrogens is 2. The summed E-state index contributed by atoms with van der Waals surface area (Å²) in [5, 5.41) is 14.3. The van der Waals surface area contributed by atoms with Crippen molar-refractivity contribution >= 4 is 11.3 Å². The fraction of sp³-hybridized carbons (Fsp3) is 0.846. The molecule has 0 atom stereocenters. The topological polar surface area (TPSA) is 37.8 Å². The Morgan fingerprint density at radius 2 is 1.65 bits per heavy atom. The molecule has 0 unspecified atom stereocenters. The van der Waals surface area contributed by atoms with Gasteiger partial charge in [-0.1, -0.05) is 13.3 Å². The highest BCUT2D eigenvalue weighted by atomic mass is 32.1. The zero-order valence-corrected chi connectivity index (χ0v) is 12.4. The molecule has 4 heteroatoms. The van der Waals surface area contributed by atoms with Gasteiger partial charge in [0, 0.05) is 18.4 Å². The van der Waals surface area contributed by atoms with Gasteiger partial charge in [-0.2, -0.15) is 0 Å². The molecule has 1 heterocycles. The maximum atomic E-state index is 4.24. The van der Waals surface area contributed by atoms with Gasteiger partial charge in [-0.15, -0.1) is 21.5 Å². The first-order valence-corrected chi connectivity index (χ1v) is 7.39. The van der Waals surface area contributed by atoms with E-state index in [0.717, 1.165) is 25.8 Å². The summed E-state index contributed by atoms with van der Waals surface area (Å²) in [6.07, 6.45) is 5.73. The van der Waals surface area contributed by atoms with Crippen LogP contribution in [0.5, 0.6) is 0 Å². The molecule has 0 fully saturated rings. The summed E-state index contributed by atoms with van der Waals surface area (Å²) >= 11 is 1.78. The summed E-state index contributed by atoms with van der Waals surface area (Å²) < 4.78 is 0. The fourth-order valence-corrected chi connectivity index (χ4v) is 2.45. The Hall–Kier alpha value is -0.480. The van der Waals surface area contributed by atoms with E-state index in [-0.39, 0.29) is 5.54 Å². The first kappa shape index (κ1) is 14.6. The Balaban J connectivity index is 2.21. The first-order valence-electron chi connectivity index (χ1n) is 6.57. The van der Waals surface area contributed by atoms with Gasteiger partial charge in [0.2, 0.25) is 0 Å². The Morgan fingerprint density at radius 1 is 1.06 bits per heavy atom. The number of rotatable bonds is 7. The van der Waals surface area contributed by atoms with E-state index < -0.39 is 0 Å². The summed E-state index contributed by atoms with van der Waals surface area (Å²) in [6.45, 7) is 9.84. The quantitative estimate of drug-likeness (QED) is 0.760. The van der Waals surface area contributed by atoms with Crippen LogP contribution in [0.1, 0.15) is 57.0 Å². The summed E-state index contributed by atoms with van der Waals surface area (Å²) in [6, 6.07) is 0. The Morgan fingerprint density at radius 3 is 2.18 bits per heavy atom. The van der Waals surface area contributed by atoms with Gasteiger partial charge in [0.15, 0.2) is 0 Å². The van der Waals surface area contributed by atoms with Crippen molar-refractivity contribution in [2.45, 2.75) is 65.3 Å². The summed E-state index contributed by atoms with van der Waals surface area (Å²) in [5.74, 6) is 0. The highest BCUT2D eigenvalue weighted by Gasteiger charge is 2.08. The van der Waals surface area contributed by atoms with Crippen LogP contribution in [-0.4, -0.2) is 22.3 Å². The zero-order valence-electron chi connectivity index (χ0n) is 11.5. The van der Waals surface area contributed by atoms with Gasteiger partial charge in [-0.25, -0.2) is 0 Å². The van der Waals surface area contributed by atoms with Crippen molar-refractivity contribution in [2.75, 3.05) is 6.54 Å². The molecule has 0 saturated carbocycles. The maximum absolute atomic E-state index is 4.24. The van der Waals surface area contributed by atoms with Crippen LogP contribution in [-0.2, 0) is 12.8 Å². The van der Waals surface area contributed by atoms with E-state index >= 15 is 0 Å². The number of hydrogen-bond donors (Lipinski definition) is 1. The van der Waals surface area contributed by atoms with Gasteiger partial charge in [0.05, 0.1) is 0 Å². The van der Waals surface area contributed by atoms with Gasteiger partial charge in [-0.3, -0.25) is 0 Å². The lowest BCUT2D eigenvalue weighted by Crippen LogP contribution is -2.36. The van der Waals surface area contributed by atoms with Crippen LogP contribution in [0.3, 0.4) is 0 Å². The van der Waals surface area contributed by atoms with E-state index in [2.05, 4.69) is 43.2 Å². The average molecular weight is 255 g/mol. The molecule has 1 rings (SSSR count). The highest BCUT2D eigenvalue weighted by molar-refractivity contribution is 7.11. The van der Waals surface area contributed by atoms with Gasteiger partial charge >= 0.3 is 0 Å². The first-order chi connectivity index (χ1) is 8.01. The number of nitrogens with zero attached hydrogens (tertiary/aromatic N) is 2. The minimum Gasteiger partial charge on any atom is -0.312 e. The number of hydrogen-bond acceptors (Lipinski definition) is 4. The van der Waals surface area contributed by atoms with E-state index in [0.29, 0.717) is 0 Å². The van der Waals surface area contributed by atoms with Crippen molar-refractivity contribution in [3.05, 3.63) is 10.0 Å². The Bertz CT molecular complexity index is 315. The minimum atomic E-state index is 0.216. The molecule has 0 spiro atoms. The van der Waals surface area contributed by atoms with Crippen molar-refractivity contribution in [3.63, 3.8) is 0 Å². The van der Waals surface area contributed by atoms with Crippen LogP contribution in [0, 0.1) is 0 Å². The second-order valence-electron chi connectivity index (χ2n) is 5.47. The van der Waals surface area contributed by atoms with Crippen LogP contribution in [0.4, 0.5) is 0 Å². The molecule has 0 aliphatic heterocycles. The van der Waals surface area contributed by atoms with Gasteiger partial charge in [0.1, 0.15) is 10.0 Å². The van der Waals surface area contributed by atoms with Crippen molar-refractivity contribution < 1.29 is 0 Å². The van der Waals surface area contributed by atoms with E-state index in [1.807, 2.05) is 0 Å². The maximum Gasteiger partial charge on any atom is 0.117 e. The molecule has 0 aromatic carbocycles. The molecule has 0 aliphatic carbocycles. The molecule has 0 aliphatic rings. The molecule has 1 aromatic rings. The second-order valence-corrected chi connectivity index (χ2v) is 6.62. The SMILES string of the molecule is CCCCc1nnc(CCCNC(C)(C)C)s1. The van der Waals surface area contributed by atoms with E-state index in [9.17, 15) is 0 Å². The zero-order chi connectivity index (χ0) is 12.7. The minimum absolute atomic E-state index is 0.216. The summed E-state index contributed by atoms with van der Waals surface area (Å²) in [4.78, 5) is 0. The average Bonchev–Trinajstić information content (AvgIpc) is 2.68. The van der Waals surface area contributed by atoms with Crippen LogP contribution in [0.15, 0.2) is 0 Å². The molecule has 0 radical (unpaired) electrons. The molecule has 0 saturated heterocycles. The number of nitrogens with one attached hydrogen (secondary N) is 1. The molecule has 1 N–H and O–H groups in total. The summed E-state index contributed by atoms with van der Waals surface area (Å²) in [5.41, 5.74) is 0.216. The summed E-state index contributed by atoms with van der Waals surface area (Å²) in [7, 11) is 0. The fourth-order valence-electron chi connectivity index (χ4n) is 1.52. The normalized spacial score (nSPS) is 12.0. The lowest BCUT2D eigenvalue weighted by molar-refractivity contribution is 0.422. The predicted molar refractivity (Wildman–Crippen MR) is 74.6 cm³/mol. The largest absolute Gasteiger partial charge is 0.312 e. The monoisotopic (exact) mass is 255 g/mol. The lowest BCUT2D eigenvalue weighted by Gasteiger charge is -2.20. The number of unbranched alkanes of at least 4 members (excludes halogenated alkanes) is 1. The molecule has 17 heavy (non-hydrogen) atoms. The van der Waals surface area contributed by atoms with Gasteiger partial charge in [0.25, 0.3) is 0 Å². The Labute approximate surface area is 109 Å². The lowest BCUT2D eigenvalue weighted by atomic mass is 10.1. The smallest absolute Gasteiger partial charge is 0.117 e. The van der Waals surface area contributed by atoms with E-state index in [1.54, 1.807) is 11.3 Å². The Kier molecular flexibility index (Phi) is 6.06. The van der Waals surface area contributed by atoms with Gasteiger partial charge < -0.3 is 5.32 Å². The van der Waals surface area contributed by atoms with Crippen molar-refractivity contribution in [1.29, 1.82) is 0 Å². The standard InChI is InChI=1S/C13H25N3S/c1-5-6-8-11-15-16-12(17-11)9-7-10-14-13(2,3)4/h14H,5-10H2,1-4H3. The van der Waals surface area contributed by atoms with E-state index in [4.69, 9.17) is 0 Å². The predicted octanol–water partition coefficient (Wildman–Crippen LogP) is 3.20.